The topological polar surface area (TPSA) is 49.8 Å². The third-order valence-electron chi connectivity index (χ3n) is 2.67. The highest BCUT2D eigenvalue weighted by atomic mass is 19.1. The van der Waals surface area contributed by atoms with Crippen LogP contribution in [0, 0.1) is 18.7 Å². The Morgan fingerprint density at radius 3 is 2.55 bits per heavy atom. The van der Waals surface area contributed by atoms with E-state index in [1.807, 2.05) is 6.92 Å². The second-order valence-electron chi connectivity index (χ2n) is 5.07. The molecule has 0 unspecified atom stereocenters. The van der Waals surface area contributed by atoms with Crippen molar-refractivity contribution in [1.82, 2.24) is 9.97 Å². The molecular weight excluding hydrogens is 255 g/mol. The summed E-state index contributed by atoms with van der Waals surface area (Å²) in [5.41, 5.74) is 0.403. The molecule has 5 heteroatoms. The Labute approximate surface area is 118 Å². The summed E-state index contributed by atoms with van der Waals surface area (Å²) >= 11 is 0. The van der Waals surface area contributed by atoms with Gasteiger partial charge >= 0.3 is 0 Å². The number of para-hydroxylation sites is 1. The Morgan fingerprint density at radius 1 is 1.15 bits per heavy atom. The molecule has 20 heavy (non-hydrogen) atoms. The molecule has 2 rings (SSSR count). The van der Waals surface area contributed by atoms with Crippen LogP contribution in [-0.4, -0.2) is 16.5 Å². The van der Waals surface area contributed by atoms with Gasteiger partial charge in [-0.1, -0.05) is 26.0 Å². The number of nitrogens with one attached hydrogen (secondary N) is 2. The summed E-state index contributed by atoms with van der Waals surface area (Å²) in [7, 11) is 0. The van der Waals surface area contributed by atoms with Crippen LogP contribution < -0.4 is 10.6 Å². The fourth-order valence-corrected chi connectivity index (χ4v) is 1.73. The molecule has 1 heterocycles. The first-order valence-corrected chi connectivity index (χ1v) is 6.65. The van der Waals surface area contributed by atoms with Crippen molar-refractivity contribution in [2.75, 3.05) is 17.2 Å². The summed E-state index contributed by atoms with van der Waals surface area (Å²) in [6, 6.07) is 8.29. The van der Waals surface area contributed by atoms with Gasteiger partial charge in [0.15, 0.2) is 0 Å². The third-order valence-corrected chi connectivity index (χ3v) is 2.67. The number of rotatable bonds is 5. The van der Waals surface area contributed by atoms with Gasteiger partial charge in [0.1, 0.15) is 23.3 Å². The number of nitrogens with zero attached hydrogens (tertiary/aromatic N) is 2. The highest BCUT2D eigenvalue weighted by Gasteiger charge is 2.05. The first-order valence-electron chi connectivity index (χ1n) is 6.65. The maximum Gasteiger partial charge on any atom is 0.146 e. The van der Waals surface area contributed by atoms with E-state index in [0.29, 0.717) is 23.2 Å². The zero-order chi connectivity index (χ0) is 14.5. The van der Waals surface area contributed by atoms with Crippen molar-refractivity contribution >= 4 is 17.3 Å². The molecule has 1 aromatic heterocycles. The van der Waals surface area contributed by atoms with E-state index in [1.165, 1.54) is 6.07 Å². The van der Waals surface area contributed by atoms with Gasteiger partial charge in [0, 0.05) is 12.6 Å². The smallest absolute Gasteiger partial charge is 0.146 e. The molecule has 2 aromatic rings. The van der Waals surface area contributed by atoms with E-state index >= 15 is 0 Å². The lowest BCUT2D eigenvalue weighted by atomic mass is 10.2. The predicted molar refractivity (Wildman–Crippen MR) is 79.8 cm³/mol. The van der Waals surface area contributed by atoms with Crippen molar-refractivity contribution in [2.24, 2.45) is 5.92 Å². The van der Waals surface area contributed by atoms with Crippen LogP contribution in [0.3, 0.4) is 0 Å². The summed E-state index contributed by atoms with van der Waals surface area (Å²) in [5, 5.41) is 6.22. The van der Waals surface area contributed by atoms with Gasteiger partial charge in [-0.15, -0.1) is 0 Å². The van der Waals surface area contributed by atoms with Crippen LogP contribution in [0.1, 0.15) is 19.7 Å². The largest absolute Gasteiger partial charge is 0.370 e. The first kappa shape index (κ1) is 14.2. The Kier molecular flexibility index (Phi) is 4.50. The number of hydrogen-bond donors (Lipinski definition) is 2. The molecule has 0 spiro atoms. The van der Waals surface area contributed by atoms with Gasteiger partial charge in [0.2, 0.25) is 0 Å². The quantitative estimate of drug-likeness (QED) is 0.872. The molecule has 0 saturated carbocycles. The van der Waals surface area contributed by atoms with Gasteiger partial charge in [-0.2, -0.15) is 0 Å². The molecule has 1 aromatic carbocycles. The number of halogens is 1. The molecule has 106 valence electrons. The van der Waals surface area contributed by atoms with E-state index in [4.69, 9.17) is 0 Å². The molecule has 0 radical (unpaired) electrons. The molecule has 0 aliphatic carbocycles. The molecule has 0 aliphatic heterocycles. The lowest BCUT2D eigenvalue weighted by Crippen LogP contribution is -2.10. The fraction of sp³-hybridized carbons (Fsp3) is 0.333. The summed E-state index contributed by atoms with van der Waals surface area (Å²) < 4.78 is 13.6. The van der Waals surface area contributed by atoms with Crippen LogP contribution in [0.15, 0.2) is 30.3 Å². The second kappa shape index (κ2) is 6.32. The van der Waals surface area contributed by atoms with Gasteiger partial charge in [-0.25, -0.2) is 14.4 Å². The fourth-order valence-electron chi connectivity index (χ4n) is 1.73. The van der Waals surface area contributed by atoms with Crippen LogP contribution in [0.4, 0.5) is 21.7 Å². The standard InChI is InChI=1S/C15H19FN4/c1-10(2)9-17-14-8-15(19-11(3)18-14)20-13-7-5-4-6-12(13)16/h4-8,10H,9H2,1-3H3,(H2,17,18,19,20). The van der Waals surface area contributed by atoms with Gasteiger partial charge in [-0.05, 0) is 25.0 Å². The van der Waals surface area contributed by atoms with E-state index < -0.39 is 0 Å². The molecule has 0 saturated heterocycles. The maximum atomic E-state index is 13.6. The van der Waals surface area contributed by atoms with Crippen LogP contribution in [0.2, 0.25) is 0 Å². The van der Waals surface area contributed by atoms with Crippen molar-refractivity contribution in [3.8, 4) is 0 Å². The maximum absolute atomic E-state index is 13.6. The summed E-state index contributed by atoms with van der Waals surface area (Å²) in [4.78, 5) is 8.58. The van der Waals surface area contributed by atoms with Crippen LogP contribution in [0.25, 0.3) is 0 Å². The Bertz CT molecular complexity index is 584. The predicted octanol–water partition coefficient (Wildman–Crippen LogP) is 3.74. The molecule has 0 fully saturated rings. The Hall–Kier alpha value is -2.17. The normalized spacial score (nSPS) is 10.7. The zero-order valence-corrected chi connectivity index (χ0v) is 11.9. The Morgan fingerprint density at radius 2 is 1.85 bits per heavy atom. The van der Waals surface area contributed by atoms with Crippen molar-refractivity contribution in [3.63, 3.8) is 0 Å². The van der Waals surface area contributed by atoms with Crippen molar-refractivity contribution in [1.29, 1.82) is 0 Å². The lowest BCUT2D eigenvalue weighted by Gasteiger charge is -2.11. The zero-order valence-electron chi connectivity index (χ0n) is 11.9. The Balaban J connectivity index is 2.17. The molecule has 0 aliphatic rings. The van der Waals surface area contributed by atoms with Crippen LogP contribution >= 0.6 is 0 Å². The van der Waals surface area contributed by atoms with Crippen LogP contribution in [0.5, 0.6) is 0 Å². The SMILES string of the molecule is Cc1nc(NCC(C)C)cc(Nc2ccccc2F)n1. The average Bonchev–Trinajstić information content (AvgIpc) is 2.38. The lowest BCUT2D eigenvalue weighted by molar-refractivity contribution is 0.632. The highest BCUT2D eigenvalue weighted by Crippen LogP contribution is 2.20. The summed E-state index contributed by atoms with van der Waals surface area (Å²) in [5.74, 6) is 2.17. The minimum Gasteiger partial charge on any atom is -0.370 e. The van der Waals surface area contributed by atoms with Gasteiger partial charge in [0.25, 0.3) is 0 Å². The third kappa shape index (κ3) is 3.91. The number of hydrogen-bond acceptors (Lipinski definition) is 4. The first-order chi connectivity index (χ1) is 9.54. The van der Waals surface area contributed by atoms with E-state index in [0.717, 1.165) is 12.4 Å². The average molecular weight is 274 g/mol. The molecule has 0 bridgehead atoms. The van der Waals surface area contributed by atoms with E-state index in [9.17, 15) is 4.39 Å². The number of aryl methyl sites for hydroxylation is 1. The molecule has 4 nitrogen and oxygen atoms in total. The van der Waals surface area contributed by atoms with E-state index in [-0.39, 0.29) is 5.82 Å². The monoisotopic (exact) mass is 274 g/mol. The van der Waals surface area contributed by atoms with Gasteiger partial charge < -0.3 is 10.6 Å². The van der Waals surface area contributed by atoms with E-state index in [1.54, 1.807) is 24.3 Å². The summed E-state index contributed by atoms with van der Waals surface area (Å²) in [6.45, 7) is 6.89. The van der Waals surface area contributed by atoms with Crippen LogP contribution in [-0.2, 0) is 0 Å². The molecule has 0 atom stereocenters. The van der Waals surface area contributed by atoms with Gasteiger partial charge in [-0.3, -0.25) is 0 Å². The van der Waals surface area contributed by atoms with Crippen molar-refractivity contribution < 1.29 is 4.39 Å². The summed E-state index contributed by atoms with van der Waals surface area (Å²) in [6.07, 6.45) is 0. The molecular formula is C15H19FN4. The second-order valence-corrected chi connectivity index (χ2v) is 5.07. The number of aromatic nitrogens is 2. The number of benzene rings is 1. The number of anilines is 3. The van der Waals surface area contributed by atoms with E-state index in [2.05, 4.69) is 34.4 Å². The molecule has 2 N–H and O–H groups in total. The highest BCUT2D eigenvalue weighted by molar-refractivity contribution is 5.59. The van der Waals surface area contributed by atoms with Crippen molar-refractivity contribution in [3.05, 3.63) is 42.0 Å². The van der Waals surface area contributed by atoms with Gasteiger partial charge in [0.05, 0.1) is 5.69 Å². The molecule has 0 amide bonds. The van der Waals surface area contributed by atoms with Crippen molar-refractivity contribution in [2.45, 2.75) is 20.8 Å². The minimum atomic E-state index is -0.305. The minimum absolute atomic E-state index is 0.305.